The lowest BCUT2D eigenvalue weighted by atomic mass is 10.0. The summed E-state index contributed by atoms with van der Waals surface area (Å²) in [5, 5.41) is 1.92. The fourth-order valence-corrected chi connectivity index (χ4v) is 2.47. The molecule has 0 spiro atoms. The Balaban J connectivity index is 2.46. The maximum Gasteiger partial charge on any atom is 0.203 e. The van der Waals surface area contributed by atoms with Gasteiger partial charge in [-0.2, -0.15) is 0 Å². The first-order chi connectivity index (χ1) is 8.13. The first-order valence-electron chi connectivity index (χ1n) is 5.37. The number of carbonyl (C=O) groups excluding carboxylic acids is 1. The lowest BCUT2D eigenvalue weighted by Gasteiger charge is -2.09. The number of benzene rings is 1. The van der Waals surface area contributed by atoms with Crippen molar-refractivity contribution in [3.8, 4) is 5.75 Å². The first-order valence-corrected chi connectivity index (χ1v) is 6.25. The molecule has 2 rings (SSSR count). The predicted octanol–water partition coefficient (Wildman–Crippen LogP) is 3.60. The number of ether oxygens (including phenoxy) is 1. The van der Waals surface area contributed by atoms with Crippen LogP contribution in [0.15, 0.2) is 29.6 Å². The van der Waals surface area contributed by atoms with E-state index in [0.717, 1.165) is 27.3 Å². The molecule has 17 heavy (non-hydrogen) atoms. The van der Waals surface area contributed by atoms with Gasteiger partial charge in [0, 0.05) is 5.56 Å². The molecule has 0 unspecified atom stereocenters. The number of carbonyl (C=O) groups is 1. The van der Waals surface area contributed by atoms with E-state index in [1.807, 2.05) is 43.5 Å². The molecule has 0 N–H and O–H groups in total. The van der Waals surface area contributed by atoms with E-state index in [1.165, 1.54) is 11.3 Å². The van der Waals surface area contributed by atoms with E-state index in [2.05, 4.69) is 0 Å². The Bertz CT molecular complexity index is 542. The number of methoxy groups -OCH3 is 1. The van der Waals surface area contributed by atoms with Crippen LogP contribution in [-0.2, 0) is 0 Å². The molecule has 1 heterocycles. The average molecular weight is 246 g/mol. The van der Waals surface area contributed by atoms with Crippen LogP contribution in [0.4, 0.5) is 0 Å². The standard InChI is InChI=1S/C14H14O2S/c1-9-8-12(16-3)10(2)7-11(9)14(15)13-5-4-6-17-13/h4-8H,1-3H3. The first kappa shape index (κ1) is 11.9. The lowest BCUT2D eigenvalue weighted by molar-refractivity contribution is 0.104. The van der Waals surface area contributed by atoms with Crippen LogP contribution in [0.2, 0.25) is 0 Å². The third-order valence-electron chi connectivity index (χ3n) is 2.73. The van der Waals surface area contributed by atoms with Crippen molar-refractivity contribution in [3.63, 3.8) is 0 Å². The van der Waals surface area contributed by atoms with E-state index >= 15 is 0 Å². The van der Waals surface area contributed by atoms with E-state index in [9.17, 15) is 4.79 Å². The highest BCUT2D eigenvalue weighted by atomic mass is 32.1. The van der Waals surface area contributed by atoms with Crippen molar-refractivity contribution in [2.75, 3.05) is 7.11 Å². The average Bonchev–Trinajstić information content (AvgIpc) is 2.84. The summed E-state index contributed by atoms with van der Waals surface area (Å²) in [6, 6.07) is 7.56. The summed E-state index contributed by atoms with van der Waals surface area (Å²) in [6.45, 7) is 3.88. The van der Waals surface area contributed by atoms with Crippen LogP contribution in [0.1, 0.15) is 26.4 Å². The number of ketones is 1. The van der Waals surface area contributed by atoms with Crippen LogP contribution in [0, 0.1) is 13.8 Å². The molecule has 2 nitrogen and oxygen atoms in total. The van der Waals surface area contributed by atoms with Crippen LogP contribution in [0.5, 0.6) is 5.75 Å². The summed E-state index contributed by atoms with van der Waals surface area (Å²) < 4.78 is 5.24. The molecule has 0 fully saturated rings. The largest absolute Gasteiger partial charge is 0.496 e. The third-order valence-corrected chi connectivity index (χ3v) is 3.60. The molecule has 0 radical (unpaired) electrons. The van der Waals surface area contributed by atoms with E-state index in [1.54, 1.807) is 7.11 Å². The smallest absolute Gasteiger partial charge is 0.203 e. The van der Waals surface area contributed by atoms with Gasteiger partial charge in [0.05, 0.1) is 12.0 Å². The SMILES string of the molecule is COc1cc(C)c(C(=O)c2cccs2)cc1C. The summed E-state index contributed by atoms with van der Waals surface area (Å²) in [4.78, 5) is 13.0. The van der Waals surface area contributed by atoms with Gasteiger partial charge in [0.1, 0.15) is 5.75 Å². The second-order valence-corrected chi connectivity index (χ2v) is 4.89. The highest BCUT2D eigenvalue weighted by molar-refractivity contribution is 7.12. The fourth-order valence-electron chi connectivity index (χ4n) is 1.79. The number of hydrogen-bond donors (Lipinski definition) is 0. The summed E-state index contributed by atoms with van der Waals surface area (Å²) >= 11 is 1.47. The Morgan fingerprint density at radius 2 is 2.00 bits per heavy atom. The van der Waals surface area contributed by atoms with E-state index in [4.69, 9.17) is 4.74 Å². The van der Waals surface area contributed by atoms with Gasteiger partial charge in [-0.25, -0.2) is 0 Å². The summed E-state index contributed by atoms with van der Waals surface area (Å²) in [5.74, 6) is 0.911. The van der Waals surface area contributed by atoms with Crippen LogP contribution in [0.25, 0.3) is 0 Å². The van der Waals surface area contributed by atoms with Crippen molar-refractivity contribution < 1.29 is 9.53 Å². The molecule has 1 aromatic heterocycles. The molecular weight excluding hydrogens is 232 g/mol. The molecule has 0 saturated carbocycles. The minimum absolute atomic E-state index is 0.0863. The predicted molar refractivity (Wildman–Crippen MR) is 70.2 cm³/mol. The number of thiophene rings is 1. The summed E-state index contributed by atoms with van der Waals surface area (Å²) in [7, 11) is 1.64. The molecule has 0 aliphatic carbocycles. The van der Waals surface area contributed by atoms with Gasteiger partial charge in [0.15, 0.2) is 0 Å². The van der Waals surface area contributed by atoms with Gasteiger partial charge in [0.25, 0.3) is 0 Å². The quantitative estimate of drug-likeness (QED) is 0.773. The normalized spacial score (nSPS) is 10.3. The zero-order valence-corrected chi connectivity index (χ0v) is 10.9. The highest BCUT2D eigenvalue weighted by Gasteiger charge is 2.14. The second kappa shape index (κ2) is 4.72. The minimum atomic E-state index is 0.0863. The Kier molecular flexibility index (Phi) is 3.29. The lowest BCUT2D eigenvalue weighted by Crippen LogP contribution is -2.03. The van der Waals surface area contributed by atoms with Crippen LogP contribution in [0.3, 0.4) is 0 Å². The maximum absolute atomic E-state index is 12.2. The molecular formula is C14H14O2S. The molecule has 0 aliphatic heterocycles. The van der Waals surface area contributed by atoms with Gasteiger partial charge in [-0.15, -0.1) is 11.3 Å². The Morgan fingerprint density at radius 3 is 2.59 bits per heavy atom. The second-order valence-electron chi connectivity index (χ2n) is 3.94. The Morgan fingerprint density at radius 1 is 1.24 bits per heavy atom. The van der Waals surface area contributed by atoms with E-state index < -0.39 is 0 Å². The van der Waals surface area contributed by atoms with Crippen molar-refractivity contribution in [3.05, 3.63) is 51.2 Å². The van der Waals surface area contributed by atoms with Crippen LogP contribution < -0.4 is 4.74 Å². The van der Waals surface area contributed by atoms with Crippen molar-refractivity contribution in [2.24, 2.45) is 0 Å². The Hall–Kier alpha value is -1.61. The number of aryl methyl sites for hydroxylation is 2. The van der Waals surface area contributed by atoms with E-state index in [-0.39, 0.29) is 5.78 Å². The molecule has 3 heteroatoms. The van der Waals surface area contributed by atoms with Crippen LogP contribution in [-0.4, -0.2) is 12.9 Å². The fraction of sp³-hybridized carbons (Fsp3) is 0.214. The molecule has 0 aliphatic rings. The topological polar surface area (TPSA) is 26.3 Å². The zero-order valence-electron chi connectivity index (χ0n) is 10.1. The summed E-state index contributed by atoms with van der Waals surface area (Å²) in [6.07, 6.45) is 0. The van der Waals surface area contributed by atoms with E-state index in [0.29, 0.717) is 0 Å². The molecule has 88 valence electrons. The highest BCUT2D eigenvalue weighted by Crippen LogP contribution is 2.25. The van der Waals surface area contributed by atoms with Gasteiger partial charge in [0.2, 0.25) is 5.78 Å². The minimum Gasteiger partial charge on any atom is -0.496 e. The van der Waals surface area contributed by atoms with Crippen molar-refractivity contribution in [1.82, 2.24) is 0 Å². The van der Waals surface area contributed by atoms with Gasteiger partial charge >= 0.3 is 0 Å². The Labute approximate surface area is 105 Å². The summed E-state index contributed by atoms with van der Waals surface area (Å²) in [5.41, 5.74) is 2.69. The van der Waals surface area contributed by atoms with Crippen molar-refractivity contribution >= 4 is 17.1 Å². The van der Waals surface area contributed by atoms with Crippen molar-refractivity contribution in [2.45, 2.75) is 13.8 Å². The van der Waals surface area contributed by atoms with Crippen molar-refractivity contribution in [1.29, 1.82) is 0 Å². The van der Waals surface area contributed by atoms with Gasteiger partial charge in [-0.05, 0) is 48.6 Å². The molecule has 2 aromatic rings. The van der Waals surface area contributed by atoms with Crippen LogP contribution >= 0.6 is 11.3 Å². The molecule has 0 bridgehead atoms. The maximum atomic E-state index is 12.2. The zero-order chi connectivity index (χ0) is 12.4. The third kappa shape index (κ3) is 2.24. The molecule has 0 saturated heterocycles. The van der Waals surface area contributed by atoms with Gasteiger partial charge < -0.3 is 4.74 Å². The monoisotopic (exact) mass is 246 g/mol. The molecule has 1 aromatic carbocycles. The molecule has 0 amide bonds. The number of hydrogen-bond acceptors (Lipinski definition) is 3. The number of rotatable bonds is 3. The van der Waals surface area contributed by atoms with Gasteiger partial charge in [-0.1, -0.05) is 6.07 Å². The molecule has 0 atom stereocenters. The van der Waals surface area contributed by atoms with Gasteiger partial charge in [-0.3, -0.25) is 4.79 Å².